The van der Waals surface area contributed by atoms with Gasteiger partial charge in [0.15, 0.2) is 0 Å². The van der Waals surface area contributed by atoms with Crippen molar-refractivity contribution in [2.45, 2.75) is 53.4 Å². The Kier molecular flexibility index (Phi) is 9.39. The first-order valence-corrected chi connectivity index (χ1v) is 13.8. The van der Waals surface area contributed by atoms with E-state index in [-0.39, 0.29) is 53.0 Å². The maximum atomic E-state index is 11.4. The standard InChI is InChI=1S/C34H34N4O4.Cd/c1-7-21-17(3)25-13-26-19(5)23(9-11-33(39)40)31(37-26)16-32-24(10-12-34(41)42)20(6)28(38-32)15-30-22(8-2)18(4)27(36-30)14-29(21)35-25;/h7-8,13-16,35,38H,1-2,9-12H2,3-6H3,(H,39,40)(H,41,42);/q;+2/p-2. The molecule has 5 heterocycles. The number of nitrogens with zero attached hydrogens (tertiary/aromatic N) is 2. The minimum atomic E-state index is -1.14. The van der Waals surface area contributed by atoms with Crippen molar-refractivity contribution in [1.82, 2.24) is 19.9 Å². The number of H-pyrrole nitrogens is 2. The number of carbonyl (C=O) groups excluding carboxylic acids is 2. The Hall–Kier alpha value is -4.06. The SMILES string of the molecule is C=CC1=C(C)c2cc3[nH]c(cc4nc(cc5[nH]c(cc1n2)c(C)c5CCC(=O)[O-])C(CCC(=O)[O-])=C4C)c(C)c3C=C.[Cd+2]. The molecule has 0 amide bonds. The van der Waals surface area contributed by atoms with E-state index < -0.39 is 11.9 Å². The van der Waals surface area contributed by atoms with Crippen molar-refractivity contribution in [1.29, 1.82) is 0 Å². The van der Waals surface area contributed by atoms with Gasteiger partial charge in [-0.3, -0.25) is 0 Å². The third-order valence-corrected chi connectivity index (χ3v) is 8.20. The van der Waals surface area contributed by atoms with Crippen LogP contribution in [0.4, 0.5) is 0 Å². The summed E-state index contributed by atoms with van der Waals surface area (Å²) in [6, 6.07) is 7.78. The van der Waals surface area contributed by atoms with Gasteiger partial charge in [0, 0.05) is 45.1 Å². The molecular weight excluding hydrogens is 641 g/mol. The Morgan fingerprint density at radius 3 is 1.91 bits per heavy atom. The van der Waals surface area contributed by atoms with Gasteiger partial charge in [-0.15, -0.1) is 0 Å². The number of aliphatic carboxylic acids is 2. The number of fused-ring (bicyclic) bond motifs is 8. The van der Waals surface area contributed by atoms with E-state index in [4.69, 9.17) is 9.97 Å². The maximum Gasteiger partial charge on any atom is 2.00 e. The molecule has 43 heavy (non-hydrogen) atoms. The van der Waals surface area contributed by atoms with Crippen LogP contribution in [-0.2, 0) is 43.3 Å². The van der Waals surface area contributed by atoms with E-state index in [0.29, 0.717) is 16.9 Å². The van der Waals surface area contributed by atoms with Crippen molar-refractivity contribution in [3.05, 3.63) is 88.5 Å². The van der Waals surface area contributed by atoms with E-state index in [0.717, 1.165) is 72.5 Å². The Morgan fingerprint density at radius 2 is 1.26 bits per heavy atom. The molecule has 0 fully saturated rings. The van der Waals surface area contributed by atoms with Crippen LogP contribution in [0.3, 0.4) is 0 Å². The summed E-state index contributed by atoms with van der Waals surface area (Å²) < 4.78 is 0. The normalized spacial score (nSPS) is 12.7. The van der Waals surface area contributed by atoms with Crippen molar-refractivity contribution < 1.29 is 47.1 Å². The van der Waals surface area contributed by atoms with E-state index in [1.54, 1.807) is 6.08 Å². The summed E-state index contributed by atoms with van der Waals surface area (Å²) in [6.45, 7) is 15.9. The first kappa shape index (κ1) is 31.9. The predicted octanol–water partition coefficient (Wildman–Crippen LogP) is 4.83. The van der Waals surface area contributed by atoms with Crippen LogP contribution in [-0.4, -0.2) is 31.9 Å². The molecule has 0 aromatic carbocycles. The molecule has 0 aliphatic carbocycles. The number of carboxylic acids is 2. The van der Waals surface area contributed by atoms with E-state index in [1.165, 1.54) is 0 Å². The number of carbonyl (C=O) groups is 2. The molecule has 0 saturated carbocycles. The van der Waals surface area contributed by atoms with Crippen LogP contribution in [0.2, 0.25) is 0 Å². The molecule has 0 atom stereocenters. The maximum absolute atomic E-state index is 11.4. The van der Waals surface area contributed by atoms with Crippen LogP contribution in [0.5, 0.6) is 0 Å². The number of nitrogens with one attached hydrogen (secondary N) is 2. The summed E-state index contributed by atoms with van der Waals surface area (Å²) in [7, 11) is 0. The van der Waals surface area contributed by atoms with Crippen molar-refractivity contribution >= 4 is 62.4 Å². The summed E-state index contributed by atoms with van der Waals surface area (Å²) in [5.74, 6) is -2.28. The summed E-state index contributed by atoms with van der Waals surface area (Å²) >= 11 is 0. The van der Waals surface area contributed by atoms with Crippen molar-refractivity contribution in [3.8, 4) is 0 Å². The summed E-state index contributed by atoms with van der Waals surface area (Å²) in [4.78, 5) is 39.7. The molecule has 9 heteroatoms. The average molecular weight is 673 g/mol. The minimum absolute atomic E-state index is 0. The zero-order valence-electron chi connectivity index (χ0n) is 24.9. The van der Waals surface area contributed by atoms with Gasteiger partial charge in [-0.1, -0.05) is 25.3 Å². The van der Waals surface area contributed by atoms with E-state index in [1.807, 2.05) is 58.0 Å². The van der Waals surface area contributed by atoms with E-state index >= 15 is 0 Å². The molecule has 8 nitrogen and oxygen atoms in total. The fourth-order valence-electron chi connectivity index (χ4n) is 5.76. The number of aromatic amines is 2. The van der Waals surface area contributed by atoms with Gasteiger partial charge >= 0.3 is 27.3 Å². The second-order valence-corrected chi connectivity index (χ2v) is 10.7. The molecule has 3 aromatic rings. The molecule has 214 valence electrons. The zero-order valence-corrected chi connectivity index (χ0v) is 29.0. The average Bonchev–Trinajstić information content (AvgIpc) is 3.59. The molecular formula is C34H32CdN4O4. The smallest absolute Gasteiger partial charge is 0.550 e. The molecule has 2 aliphatic rings. The van der Waals surface area contributed by atoms with Crippen LogP contribution in [0.15, 0.2) is 43.5 Å². The molecule has 2 aliphatic heterocycles. The minimum Gasteiger partial charge on any atom is -0.550 e. The number of hydrogen-bond acceptors (Lipinski definition) is 6. The monoisotopic (exact) mass is 674 g/mol. The van der Waals surface area contributed by atoms with Gasteiger partial charge in [0.1, 0.15) is 0 Å². The number of rotatable bonds is 8. The second kappa shape index (κ2) is 12.7. The molecule has 2 N–H and O–H groups in total. The fourth-order valence-corrected chi connectivity index (χ4v) is 5.76. The Bertz CT molecular complexity index is 1920. The third kappa shape index (κ3) is 6.06. The first-order valence-electron chi connectivity index (χ1n) is 13.8. The second-order valence-electron chi connectivity index (χ2n) is 10.7. The molecule has 3 aromatic heterocycles. The number of allylic oxidation sites excluding steroid dienone is 5. The van der Waals surface area contributed by atoms with Gasteiger partial charge < -0.3 is 29.8 Å². The van der Waals surface area contributed by atoms with Gasteiger partial charge in [0.2, 0.25) is 0 Å². The molecule has 0 radical (unpaired) electrons. The predicted molar refractivity (Wildman–Crippen MR) is 163 cm³/mol. The Morgan fingerprint density at radius 1 is 0.721 bits per heavy atom. The van der Waals surface area contributed by atoms with E-state index in [2.05, 4.69) is 23.1 Å². The third-order valence-electron chi connectivity index (χ3n) is 8.20. The zero-order chi connectivity index (χ0) is 30.3. The van der Waals surface area contributed by atoms with Gasteiger partial charge in [-0.2, -0.15) is 0 Å². The van der Waals surface area contributed by atoms with Crippen molar-refractivity contribution in [3.63, 3.8) is 0 Å². The Balaban J connectivity index is 0.00000423. The van der Waals surface area contributed by atoms with Crippen LogP contribution in [0, 0.1) is 13.8 Å². The number of carboxylic acid groups (broad SMARTS) is 2. The van der Waals surface area contributed by atoms with Crippen LogP contribution in [0.25, 0.3) is 50.4 Å². The van der Waals surface area contributed by atoms with Gasteiger partial charge in [-0.05, 0) is 111 Å². The summed E-state index contributed by atoms with van der Waals surface area (Å²) in [5.41, 5.74) is 13.3. The molecule has 0 spiro atoms. The first-order chi connectivity index (χ1) is 20.0. The van der Waals surface area contributed by atoms with Gasteiger partial charge in [0.05, 0.1) is 22.8 Å². The fraction of sp³-hybridized carbons (Fsp3) is 0.235. The van der Waals surface area contributed by atoms with Crippen LogP contribution in [0.1, 0.15) is 78.1 Å². The molecule has 5 rings (SSSR count). The summed E-state index contributed by atoms with van der Waals surface area (Å²) in [6.07, 6.45) is 3.81. The van der Waals surface area contributed by atoms with Crippen LogP contribution < -0.4 is 10.2 Å². The quantitative estimate of drug-likeness (QED) is 0.329. The van der Waals surface area contributed by atoms with Gasteiger partial charge in [0.25, 0.3) is 0 Å². The molecule has 0 unspecified atom stereocenters. The topological polar surface area (TPSA) is 138 Å². The largest absolute Gasteiger partial charge is 2.00 e. The number of aromatic nitrogens is 4. The van der Waals surface area contributed by atoms with Gasteiger partial charge in [-0.25, -0.2) is 9.97 Å². The number of aryl methyl sites for hydroxylation is 3. The van der Waals surface area contributed by atoms with Crippen molar-refractivity contribution in [2.24, 2.45) is 0 Å². The molecule has 0 saturated heterocycles. The number of hydrogen-bond donors (Lipinski definition) is 2. The van der Waals surface area contributed by atoms with E-state index in [9.17, 15) is 19.8 Å². The molecule has 8 bridgehead atoms. The van der Waals surface area contributed by atoms with Crippen molar-refractivity contribution in [2.75, 3.05) is 0 Å². The Labute approximate surface area is 270 Å². The summed E-state index contributed by atoms with van der Waals surface area (Å²) in [5, 5.41) is 22.8. The van der Waals surface area contributed by atoms with Crippen LogP contribution >= 0.6 is 0 Å².